The summed E-state index contributed by atoms with van der Waals surface area (Å²) >= 11 is 0. The van der Waals surface area contributed by atoms with Gasteiger partial charge in [0, 0.05) is 24.5 Å². The van der Waals surface area contributed by atoms with Crippen LogP contribution in [0.2, 0.25) is 0 Å². The summed E-state index contributed by atoms with van der Waals surface area (Å²) in [5, 5.41) is 0. The average molecular weight is 289 g/mol. The van der Waals surface area contributed by atoms with E-state index < -0.39 is 0 Å². The van der Waals surface area contributed by atoms with Crippen molar-refractivity contribution in [2.75, 3.05) is 13.1 Å². The van der Waals surface area contributed by atoms with Crippen molar-refractivity contribution in [3.8, 4) is 0 Å². The smallest absolute Gasteiger partial charge is 0.255 e. The lowest BCUT2D eigenvalue weighted by Crippen LogP contribution is -2.41. The van der Waals surface area contributed by atoms with Gasteiger partial charge in [0.05, 0.1) is 5.56 Å². The maximum Gasteiger partial charge on any atom is 0.255 e. The van der Waals surface area contributed by atoms with E-state index in [2.05, 4.69) is 4.98 Å². The van der Waals surface area contributed by atoms with Crippen molar-refractivity contribution < 1.29 is 4.79 Å². The molecule has 0 unspecified atom stereocenters. The molecule has 0 bridgehead atoms. The third-order valence-electron chi connectivity index (χ3n) is 4.29. The summed E-state index contributed by atoms with van der Waals surface area (Å²) in [4.78, 5) is 19.1. The van der Waals surface area contributed by atoms with Crippen molar-refractivity contribution in [1.29, 1.82) is 0 Å². The SMILES string of the molecule is Cc1ccc(C(=O)N(CCCN)C2CCCCCC2)cn1. The molecule has 1 saturated carbocycles. The van der Waals surface area contributed by atoms with E-state index in [4.69, 9.17) is 5.73 Å². The Morgan fingerprint density at radius 3 is 2.57 bits per heavy atom. The maximum absolute atomic E-state index is 12.8. The second-order valence-corrected chi connectivity index (χ2v) is 5.97. The molecule has 1 aliphatic carbocycles. The molecule has 0 saturated heterocycles. The Morgan fingerprint density at radius 2 is 2.00 bits per heavy atom. The van der Waals surface area contributed by atoms with Crippen LogP contribution in [0.25, 0.3) is 0 Å². The summed E-state index contributed by atoms with van der Waals surface area (Å²) in [6.45, 7) is 3.32. The molecule has 0 atom stereocenters. The standard InChI is InChI=1S/C17H27N3O/c1-14-9-10-15(13-19-14)17(21)20(12-6-11-18)16-7-4-2-3-5-8-16/h9-10,13,16H,2-8,11-12,18H2,1H3. The number of carbonyl (C=O) groups is 1. The first kappa shape index (κ1) is 16.0. The number of rotatable bonds is 5. The van der Waals surface area contributed by atoms with Gasteiger partial charge >= 0.3 is 0 Å². The highest BCUT2D eigenvalue weighted by Crippen LogP contribution is 2.23. The van der Waals surface area contributed by atoms with Crippen LogP contribution in [0.1, 0.15) is 61.0 Å². The molecule has 2 rings (SSSR count). The fourth-order valence-corrected chi connectivity index (χ4v) is 3.04. The summed E-state index contributed by atoms with van der Waals surface area (Å²) < 4.78 is 0. The Balaban J connectivity index is 2.13. The van der Waals surface area contributed by atoms with Crippen LogP contribution in [0, 0.1) is 6.92 Å². The van der Waals surface area contributed by atoms with Gasteiger partial charge in [-0.05, 0) is 44.9 Å². The Labute approximate surface area is 127 Å². The van der Waals surface area contributed by atoms with E-state index in [-0.39, 0.29) is 5.91 Å². The number of aryl methyl sites for hydroxylation is 1. The molecule has 1 aliphatic rings. The topological polar surface area (TPSA) is 59.2 Å². The van der Waals surface area contributed by atoms with Crippen molar-refractivity contribution in [2.24, 2.45) is 5.73 Å². The van der Waals surface area contributed by atoms with E-state index in [0.29, 0.717) is 18.2 Å². The summed E-state index contributed by atoms with van der Waals surface area (Å²) in [6.07, 6.45) is 9.84. The van der Waals surface area contributed by atoms with Gasteiger partial charge in [-0.15, -0.1) is 0 Å². The van der Waals surface area contributed by atoms with E-state index in [9.17, 15) is 4.79 Å². The fraction of sp³-hybridized carbons (Fsp3) is 0.647. The lowest BCUT2D eigenvalue weighted by atomic mass is 10.1. The Morgan fingerprint density at radius 1 is 1.29 bits per heavy atom. The number of carbonyl (C=O) groups excluding carboxylic acids is 1. The maximum atomic E-state index is 12.8. The lowest BCUT2D eigenvalue weighted by Gasteiger charge is -2.31. The summed E-state index contributed by atoms with van der Waals surface area (Å²) in [5.41, 5.74) is 7.28. The number of hydrogen-bond acceptors (Lipinski definition) is 3. The van der Waals surface area contributed by atoms with Crippen LogP contribution in [0.5, 0.6) is 0 Å². The zero-order valence-corrected chi connectivity index (χ0v) is 13.1. The molecule has 1 heterocycles. The molecule has 1 aromatic heterocycles. The first-order valence-electron chi connectivity index (χ1n) is 8.16. The quantitative estimate of drug-likeness (QED) is 0.848. The number of nitrogens with two attached hydrogens (primary N) is 1. The van der Waals surface area contributed by atoms with Crippen LogP contribution < -0.4 is 5.73 Å². The minimum atomic E-state index is 0.114. The molecule has 4 nitrogen and oxygen atoms in total. The predicted molar refractivity (Wildman–Crippen MR) is 85.2 cm³/mol. The molecule has 1 fully saturated rings. The Bertz CT molecular complexity index is 436. The first-order valence-corrected chi connectivity index (χ1v) is 8.16. The van der Waals surface area contributed by atoms with Crippen molar-refractivity contribution >= 4 is 5.91 Å². The fourth-order valence-electron chi connectivity index (χ4n) is 3.04. The first-order chi connectivity index (χ1) is 10.2. The van der Waals surface area contributed by atoms with E-state index in [1.807, 2.05) is 24.0 Å². The molecule has 0 spiro atoms. The Kier molecular flexibility index (Phi) is 6.18. The molecular formula is C17H27N3O. The van der Waals surface area contributed by atoms with Gasteiger partial charge in [0.25, 0.3) is 5.91 Å². The molecule has 4 heteroatoms. The van der Waals surface area contributed by atoms with Gasteiger partial charge in [0.2, 0.25) is 0 Å². The number of aromatic nitrogens is 1. The molecule has 21 heavy (non-hydrogen) atoms. The van der Waals surface area contributed by atoms with E-state index >= 15 is 0 Å². The van der Waals surface area contributed by atoms with Gasteiger partial charge in [-0.1, -0.05) is 25.7 Å². The molecular weight excluding hydrogens is 262 g/mol. The number of hydrogen-bond donors (Lipinski definition) is 1. The monoisotopic (exact) mass is 289 g/mol. The molecule has 1 aromatic rings. The van der Waals surface area contributed by atoms with E-state index in [1.165, 1.54) is 25.7 Å². The van der Waals surface area contributed by atoms with Crippen molar-refractivity contribution in [3.05, 3.63) is 29.6 Å². The van der Waals surface area contributed by atoms with Crippen molar-refractivity contribution in [1.82, 2.24) is 9.88 Å². The van der Waals surface area contributed by atoms with E-state index in [1.54, 1.807) is 6.20 Å². The van der Waals surface area contributed by atoms with Gasteiger partial charge in [0.1, 0.15) is 0 Å². The van der Waals surface area contributed by atoms with Gasteiger partial charge in [-0.25, -0.2) is 0 Å². The van der Waals surface area contributed by atoms with Crippen molar-refractivity contribution in [2.45, 2.75) is 57.9 Å². The lowest BCUT2D eigenvalue weighted by molar-refractivity contribution is 0.0658. The number of amides is 1. The highest BCUT2D eigenvalue weighted by atomic mass is 16.2. The molecule has 2 N–H and O–H groups in total. The van der Waals surface area contributed by atoms with Crippen LogP contribution in [0.3, 0.4) is 0 Å². The minimum Gasteiger partial charge on any atom is -0.336 e. The van der Waals surface area contributed by atoms with Crippen LogP contribution in [-0.4, -0.2) is 34.9 Å². The largest absolute Gasteiger partial charge is 0.336 e. The van der Waals surface area contributed by atoms with Crippen molar-refractivity contribution in [3.63, 3.8) is 0 Å². The zero-order valence-electron chi connectivity index (χ0n) is 13.1. The van der Waals surface area contributed by atoms with Gasteiger partial charge in [0.15, 0.2) is 0 Å². The second kappa shape index (κ2) is 8.13. The molecule has 1 amide bonds. The minimum absolute atomic E-state index is 0.114. The van der Waals surface area contributed by atoms with Crippen LogP contribution >= 0.6 is 0 Å². The highest BCUT2D eigenvalue weighted by Gasteiger charge is 2.25. The third-order valence-corrected chi connectivity index (χ3v) is 4.29. The zero-order chi connectivity index (χ0) is 15.1. The summed E-state index contributed by atoms with van der Waals surface area (Å²) in [7, 11) is 0. The molecule has 0 aliphatic heterocycles. The molecule has 0 radical (unpaired) electrons. The van der Waals surface area contributed by atoms with Gasteiger partial charge in [-0.2, -0.15) is 0 Å². The Hall–Kier alpha value is -1.42. The van der Waals surface area contributed by atoms with E-state index in [0.717, 1.165) is 31.5 Å². The van der Waals surface area contributed by atoms with Crippen LogP contribution in [0.4, 0.5) is 0 Å². The van der Waals surface area contributed by atoms with Crippen LogP contribution in [-0.2, 0) is 0 Å². The normalized spacial score (nSPS) is 16.5. The molecule has 116 valence electrons. The summed E-state index contributed by atoms with van der Waals surface area (Å²) in [6, 6.07) is 4.16. The predicted octanol–water partition coefficient (Wildman–Crippen LogP) is 2.90. The van der Waals surface area contributed by atoms with Gasteiger partial charge in [-0.3, -0.25) is 9.78 Å². The number of nitrogens with zero attached hydrogens (tertiary/aromatic N) is 2. The second-order valence-electron chi connectivity index (χ2n) is 5.97. The highest BCUT2D eigenvalue weighted by molar-refractivity contribution is 5.94. The number of pyridine rings is 1. The average Bonchev–Trinajstić information content (AvgIpc) is 2.77. The summed E-state index contributed by atoms with van der Waals surface area (Å²) in [5.74, 6) is 0.114. The van der Waals surface area contributed by atoms with Crippen LogP contribution in [0.15, 0.2) is 18.3 Å². The third kappa shape index (κ3) is 4.53. The molecule has 0 aromatic carbocycles. The van der Waals surface area contributed by atoms with Gasteiger partial charge < -0.3 is 10.6 Å².